The monoisotopic (exact) mass is 384 g/mol. The van der Waals surface area contributed by atoms with E-state index in [9.17, 15) is 23.2 Å². The van der Waals surface area contributed by atoms with E-state index < -0.39 is 35.5 Å². The Kier molecular flexibility index (Phi) is 4.15. The van der Waals surface area contributed by atoms with Crippen LogP contribution in [0.25, 0.3) is 5.69 Å². The summed E-state index contributed by atoms with van der Waals surface area (Å²) in [5, 5.41) is 4.06. The van der Waals surface area contributed by atoms with Gasteiger partial charge in [0, 0.05) is 12.4 Å². The maximum Gasteiger partial charge on any atom is 0.367 e. The highest BCUT2D eigenvalue weighted by Crippen LogP contribution is 2.28. The summed E-state index contributed by atoms with van der Waals surface area (Å²) in [5.74, 6) is -3.01. The van der Waals surface area contributed by atoms with Crippen LogP contribution >= 0.6 is 0 Å². The topological polar surface area (TPSA) is 94.4 Å². The molecule has 2 amide bonds. The van der Waals surface area contributed by atoms with Crippen LogP contribution < -0.4 is 0 Å². The number of pyridine rings is 1. The Morgan fingerprint density at radius 3 is 2.18 bits per heavy atom. The van der Waals surface area contributed by atoms with Gasteiger partial charge in [0.2, 0.25) is 0 Å². The Morgan fingerprint density at radius 2 is 1.61 bits per heavy atom. The zero-order valence-corrected chi connectivity index (χ0v) is 14.0. The molecule has 0 radical (unpaired) electrons. The van der Waals surface area contributed by atoms with Gasteiger partial charge in [-0.2, -0.15) is 5.10 Å². The molecule has 0 atom stereocenters. The number of hydroxylamine groups is 2. The van der Waals surface area contributed by atoms with E-state index in [0.29, 0.717) is 0 Å². The molecule has 10 heteroatoms. The summed E-state index contributed by atoms with van der Waals surface area (Å²) in [5.41, 5.74) is -0.926. The van der Waals surface area contributed by atoms with Gasteiger partial charge < -0.3 is 4.84 Å². The second-order valence-corrected chi connectivity index (χ2v) is 5.69. The van der Waals surface area contributed by atoms with E-state index in [2.05, 4.69) is 10.1 Å². The summed E-state index contributed by atoms with van der Waals surface area (Å²) >= 11 is 0. The number of amides is 2. The van der Waals surface area contributed by atoms with Gasteiger partial charge in [-0.3, -0.25) is 14.6 Å². The first-order chi connectivity index (χ1) is 13.5. The summed E-state index contributed by atoms with van der Waals surface area (Å²) in [4.78, 5) is 45.6. The summed E-state index contributed by atoms with van der Waals surface area (Å²) in [6, 6.07) is 8.74. The van der Waals surface area contributed by atoms with Gasteiger partial charge in [0.25, 0.3) is 18.2 Å². The first kappa shape index (κ1) is 17.5. The molecule has 0 spiro atoms. The van der Waals surface area contributed by atoms with Crippen molar-refractivity contribution in [2.24, 2.45) is 0 Å². The van der Waals surface area contributed by atoms with Crippen molar-refractivity contribution < 1.29 is 28.0 Å². The van der Waals surface area contributed by atoms with E-state index in [0.717, 1.165) is 10.9 Å². The molecule has 0 unspecified atom stereocenters. The predicted molar refractivity (Wildman–Crippen MR) is 88.7 cm³/mol. The van der Waals surface area contributed by atoms with Crippen LogP contribution in [0.3, 0.4) is 0 Å². The molecule has 4 rings (SSSR count). The van der Waals surface area contributed by atoms with E-state index in [1.807, 2.05) is 0 Å². The molecule has 3 heterocycles. The van der Waals surface area contributed by atoms with Crippen molar-refractivity contribution in [3.8, 4) is 5.69 Å². The molecule has 2 aromatic heterocycles. The largest absolute Gasteiger partial charge is 0.367 e. The lowest BCUT2D eigenvalue weighted by Crippen LogP contribution is -2.33. The number of hydrogen-bond acceptors (Lipinski definition) is 6. The Bertz CT molecular complexity index is 1060. The van der Waals surface area contributed by atoms with Crippen molar-refractivity contribution in [2.75, 3.05) is 0 Å². The Morgan fingerprint density at radius 1 is 1.00 bits per heavy atom. The van der Waals surface area contributed by atoms with Gasteiger partial charge in [-0.1, -0.05) is 17.2 Å². The molecule has 140 valence electrons. The molecular weight excluding hydrogens is 374 g/mol. The fraction of sp³-hybridized carbons (Fsp3) is 0.0556. The molecule has 1 aliphatic rings. The van der Waals surface area contributed by atoms with Crippen LogP contribution in [0.1, 0.15) is 43.2 Å². The standard InChI is InChI=1S/C18H10F2N4O4/c19-15(20)14-13(9-22-23(14)10-5-7-21-8-6-10)18(27)28-24-16(25)11-3-1-2-4-12(11)17(24)26/h1-9,15H. The zero-order valence-electron chi connectivity index (χ0n) is 14.0. The van der Waals surface area contributed by atoms with E-state index in [-0.39, 0.29) is 21.9 Å². The number of fused-ring (bicyclic) bond motifs is 1. The van der Waals surface area contributed by atoms with Crippen LogP contribution in [-0.4, -0.2) is 37.6 Å². The van der Waals surface area contributed by atoms with Crippen molar-refractivity contribution in [3.63, 3.8) is 0 Å². The molecule has 0 fully saturated rings. The van der Waals surface area contributed by atoms with Crippen molar-refractivity contribution in [3.05, 3.63) is 77.4 Å². The van der Waals surface area contributed by atoms with E-state index in [1.54, 1.807) is 12.1 Å². The van der Waals surface area contributed by atoms with Gasteiger partial charge in [0.05, 0.1) is 23.0 Å². The molecular formula is C18H10F2N4O4. The van der Waals surface area contributed by atoms with Crippen molar-refractivity contribution >= 4 is 17.8 Å². The summed E-state index contributed by atoms with van der Waals surface area (Å²) in [7, 11) is 0. The van der Waals surface area contributed by atoms with Crippen LogP contribution in [0.2, 0.25) is 0 Å². The highest BCUT2D eigenvalue weighted by molar-refractivity contribution is 6.21. The van der Waals surface area contributed by atoms with E-state index >= 15 is 0 Å². The molecule has 0 saturated carbocycles. The highest BCUT2D eigenvalue weighted by atomic mass is 19.3. The number of nitrogens with zero attached hydrogens (tertiary/aromatic N) is 4. The molecule has 28 heavy (non-hydrogen) atoms. The summed E-state index contributed by atoms with van der Waals surface area (Å²) in [6.45, 7) is 0. The van der Waals surface area contributed by atoms with Crippen molar-refractivity contribution in [2.45, 2.75) is 6.43 Å². The summed E-state index contributed by atoms with van der Waals surface area (Å²) < 4.78 is 28.1. The number of aromatic nitrogens is 3. The number of imide groups is 1. The Hall–Kier alpha value is -3.95. The maximum absolute atomic E-state index is 13.6. The number of carbonyl (C=O) groups is 3. The molecule has 1 aliphatic heterocycles. The number of halogens is 2. The lowest BCUT2D eigenvalue weighted by Gasteiger charge is -2.13. The second kappa shape index (κ2) is 6.65. The highest BCUT2D eigenvalue weighted by Gasteiger charge is 2.39. The van der Waals surface area contributed by atoms with Crippen LogP contribution in [-0.2, 0) is 4.84 Å². The summed E-state index contributed by atoms with van der Waals surface area (Å²) in [6.07, 6.45) is 0.578. The normalized spacial score (nSPS) is 13.2. The number of rotatable bonds is 4. The van der Waals surface area contributed by atoms with Crippen LogP contribution in [0.5, 0.6) is 0 Å². The van der Waals surface area contributed by atoms with Crippen molar-refractivity contribution in [1.82, 2.24) is 19.8 Å². The molecule has 0 N–H and O–H groups in total. The van der Waals surface area contributed by atoms with Crippen molar-refractivity contribution in [1.29, 1.82) is 0 Å². The van der Waals surface area contributed by atoms with Crippen LogP contribution in [0.15, 0.2) is 55.0 Å². The average molecular weight is 384 g/mol. The lowest BCUT2D eigenvalue weighted by atomic mass is 10.1. The number of carbonyl (C=O) groups excluding carboxylic acids is 3. The molecule has 8 nitrogen and oxygen atoms in total. The molecule has 0 saturated heterocycles. The second-order valence-electron chi connectivity index (χ2n) is 5.69. The fourth-order valence-corrected chi connectivity index (χ4v) is 2.80. The lowest BCUT2D eigenvalue weighted by molar-refractivity contribution is -0.0587. The predicted octanol–water partition coefficient (Wildman–Crippen LogP) is 2.57. The third-order valence-electron chi connectivity index (χ3n) is 4.07. The van der Waals surface area contributed by atoms with Crippen LogP contribution in [0, 0.1) is 0 Å². The maximum atomic E-state index is 13.6. The molecule has 3 aromatic rings. The third-order valence-corrected chi connectivity index (χ3v) is 4.07. The van der Waals surface area contributed by atoms with Gasteiger partial charge in [0.15, 0.2) is 0 Å². The fourth-order valence-electron chi connectivity index (χ4n) is 2.80. The quantitative estimate of drug-likeness (QED) is 0.642. The van der Waals surface area contributed by atoms with E-state index in [1.165, 1.54) is 36.7 Å². The molecule has 1 aromatic carbocycles. The van der Waals surface area contributed by atoms with Crippen LogP contribution in [0.4, 0.5) is 8.78 Å². The minimum absolute atomic E-state index is 0.0573. The Labute approximate surface area is 155 Å². The van der Waals surface area contributed by atoms with Gasteiger partial charge in [-0.05, 0) is 24.3 Å². The Balaban J connectivity index is 1.66. The molecule has 0 bridgehead atoms. The average Bonchev–Trinajstić information content (AvgIpc) is 3.25. The SMILES string of the molecule is O=C(ON1C(=O)c2ccccc2C1=O)c1cnn(-c2ccncc2)c1C(F)F. The zero-order chi connectivity index (χ0) is 19.8. The number of alkyl halides is 2. The van der Waals surface area contributed by atoms with Gasteiger partial charge in [-0.15, -0.1) is 0 Å². The van der Waals surface area contributed by atoms with Gasteiger partial charge in [-0.25, -0.2) is 18.3 Å². The smallest absolute Gasteiger partial charge is 0.324 e. The first-order valence-electron chi connectivity index (χ1n) is 7.95. The van der Waals surface area contributed by atoms with E-state index in [4.69, 9.17) is 4.84 Å². The minimum Gasteiger partial charge on any atom is -0.324 e. The van der Waals surface area contributed by atoms with Gasteiger partial charge in [0.1, 0.15) is 11.3 Å². The minimum atomic E-state index is -3.07. The molecule has 0 aliphatic carbocycles. The number of hydrogen-bond donors (Lipinski definition) is 0. The van der Waals surface area contributed by atoms with Gasteiger partial charge >= 0.3 is 5.97 Å². The third kappa shape index (κ3) is 2.71. The number of benzene rings is 1. The first-order valence-corrected chi connectivity index (χ1v) is 7.95.